The first kappa shape index (κ1) is 19.6. The molecule has 3 aromatic rings. The summed E-state index contributed by atoms with van der Waals surface area (Å²) in [5, 5.41) is 14.4. The van der Waals surface area contributed by atoms with Crippen molar-refractivity contribution in [3.8, 4) is 0 Å². The van der Waals surface area contributed by atoms with Crippen molar-refractivity contribution in [1.82, 2.24) is 19.9 Å². The van der Waals surface area contributed by atoms with Gasteiger partial charge in [0.05, 0.1) is 12.6 Å². The van der Waals surface area contributed by atoms with Gasteiger partial charge in [-0.15, -0.1) is 0 Å². The lowest BCUT2D eigenvalue weighted by Gasteiger charge is -2.17. The Morgan fingerprint density at radius 1 is 1.29 bits per heavy atom. The van der Waals surface area contributed by atoms with E-state index in [1.54, 1.807) is 16.8 Å². The van der Waals surface area contributed by atoms with Gasteiger partial charge in [0.15, 0.2) is 5.65 Å². The molecule has 5 rings (SSSR count). The van der Waals surface area contributed by atoms with Gasteiger partial charge in [-0.1, -0.05) is 23.7 Å². The summed E-state index contributed by atoms with van der Waals surface area (Å²) in [7, 11) is 0. The molecule has 1 unspecified atom stereocenters. The average Bonchev–Trinajstić information content (AvgIpc) is 3.37. The second-order valence-corrected chi connectivity index (χ2v) is 8.36. The van der Waals surface area contributed by atoms with E-state index in [0.29, 0.717) is 33.7 Å². The van der Waals surface area contributed by atoms with E-state index in [9.17, 15) is 9.59 Å². The van der Waals surface area contributed by atoms with Crippen molar-refractivity contribution < 1.29 is 9.59 Å². The molecule has 0 spiro atoms. The first-order valence-electron chi connectivity index (χ1n) is 10.2. The van der Waals surface area contributed by atoms with Gasteiger partial charge in [0, 0.05) is 34.3 Å². The van der Waals surface area contributed by atoms with Crippen molar-refractivity contribution in [2.75, 3.05) is 10.6 Å². The Kier molecular flexibility index (Phi) is 4.86. The van der Waals surface area contributed by atoms with Crippen molar-refractivity contribution in [3.05, 3.63) is 58.3 Å². The topological polar surface area (TPSA) is 100 Å². The standard InChI is InChI=1S/C22H21ClN6O2/c1-12(13-3-2-4-16(23)8-13)25-18-10-19(26-17-5-6-17)29-21(27-18)15(11-24-29)7-14-9-20(30)28-22(14)31/h2-4,7-8,10-12,17,26H,5-6,9H2,1H3,(H,25,27)(H,28,30,31)/b14-7+. The number of fused-ring (bicyclic) bond motifs is 1. The van der Waals surface area contributed by atoms with Crippen LogP contribution in [0.2, 0.25) is 5.02 Å². The van der Waals surface area contributed by atoms with Crippen LogP contribution in [0.5, 0.6) is 0 Å². The van der Waals surface area contributed by atoms with Crippen LogP contribution >= 0.6 is 11.6 Å². The maximum absolute atomic E-state index is 12.0. The van der Waals surface area contributed by atoms with Gasteiger partial charge in [-0.3, -0.25) is 14.9 Å². The Morgan fingerprint density at radius 2 is 2.13 bits per heavy atom. The summed E-state index contributed by atoms with van der Waals surface area (Å²) < 4.78 is 1.73. The zero-order chi connectivity index (χ0) is 21.5. The molecule has 2 fully saturated rings. The minimum atomic E-state index is -0.371. The predicted molar refractivity (Wildman–Crippen MR) is 119 cm³/mol. The number of halogens is 1. The summed E-state index contributed by atoms with van der Waals surface area (Å²) >= 11 is 6.14. The molecule has 9 heteroatoms. The summed E-state index contributed by atoms with van der Waals surface area (Å²) in [5.41, 5.74) is 2.73. The van der Waals surface area contributed by atoms with E-state index in [1.807, 2.05) is 37.3 Å². The largest absolute Gasteiger partial charge is 0.367 e. The number of carbonyl (C=O) groups is 2. The molecule has 2 aliphatic rings. The number of imide groups is 1. The second-order valence-electron chi connectivity index (χ2n) is 7.93. The van der Waals surface area contributed by atoms with Gasteiger partial charge >= 0.3 is 0 Å². The lowest BCUT2D eigenvalue weighted by Crippen LogP contribution is -2.19. The highest BCUT2D eigenvalue weighted by Crippen LogP contribution is 2.29. The van der Waals surface area contributed by atoms with Crippen LogP contribution in [-0.2, 0) is 9.59 Å². The average molecular weight is 437 g/mol. The Morgan fingerprint density at radius 3 is 2.84 bits per heavy atom. The summed E-state index contributed by atoms with van der Waals surface area (Å²) in [6.45, 7) is 2.04. The Bertz CT molecular complexity index is 1230. The molecule has 1 saturated carbocycles. The van der Waals surface area contributed by atoms with Crippen LogP contribution in [0.25, 0.3) is 11.7 Å². The van der Waals surface area contributed by atoms with E-state index >= 15 is 0 Å². The van der Waals surface area contributed by atoms with Crippen LogP contribution in [-0.4, -0.2) is 32.5 Å². The van der Waals surface area contributed by atoms with Crippen LogP contribution in [0.3, 0.4) is 0 Å². The molecule has 1 atom stereocenters. The lowest BCUT2D eigenvalue weighted by atomic mass is 10.1. The number of rotatable bonds is 6. The van der Waals surface area contributed by atoms with E-state index in [2.05, 4.69) is 21.0 Å². The monoisotopic (exact) mass is 436 g/mol. The third-order valence-corrected chi connectivity index (χ3v) is 5.60. The molecular formula is C22H21ClN6O2. The van der Waals surface area contributed by atoms with Gasteiger partial charge in [0.1, 0.15) is 11.6 Å². The highest BCUT2D eigenvalue weighted by atomic mass is 35.5. The van der Waals surface area contributed by atoms with Gasteiger partial charge in [0.2, 0.25) is 5.91 Å². The number of anilines is 2. The van der Waals surface area contributed by atoms with Crippen molar-refractivity contribution in [2.45, 2.75) is 38.3 Å². The zero-order valence-electron chi connectivity index (χ0n) is 16.9. The molecule has 8 nitrogen and oxygen atoms in total. The smallest absolute Gasteiger partial charge is 0.254 e. The molecule has 3 N–H and O–H groups in total. The fourth-order valence-electron chi connectivity index (χ4n) is 3.58. The maximum atomic E-state index is 12.0. The number of hydrogen-bond acceptors (Lipinski definition) is 6. The maximum Gasteiger partial charge on any atom is 0.254 e. The summed E-state index contributed by atoms with van der Waals surface area (Å²) in [4.78, 5) is 28.3. The number of carbonyl (C=O) groups excluding carboxylic acids is 2. The summed E-state index contributed by atoms with van der Waals surface area (Å²) in [5.74, 6) is 0.833. The third kappa shape index (κ3) is 4.11. The molecule has 3 heterocycles. The molecular weight excluding hydrogens is 416 g/mol. The molecule has 0 bridgehead atoms. The number of nitrogens with zero attached hydrogens (tertiary/aromatic N) is 3. The van der Waals surface area contributed by atoms with Gasteiger partial charge in [-0.2, -0.15) is 9.61 Å². The van der Waals surface area contributed by atoms with Gasteiger partial charge in [-0.25, -0.2) is 4.98 Å². The fourth-order valence-corrected chi connectivity index (χ4v) is 3.78. The van der Waals surface area contributed by atoms with E-state index < -0.39 is 0 Å². The molecule has 1 saturated heterocycles. The van der Waals surface area contributed by atoms with Crippen molar-refractivity contribution in [1.29, 1.82) is 0 Å². The minimum absolute atomic E-state index is 0.0228. The quantitative estimate of drug-likeness (QED) is 0.403. The number of amides is 2. The van der Waals surface area contributed by atoms with E-state index in [-0.39, 0.29) is 24.3 Å². The molecule has 31 heavy (non-hydrogen) atoms. The lowest BCUT2D eigenvalue weighted by molar-refractivity contribution is -0.124. The highest BCUT2D eigenvalue weighted by Gasteiger charge is 2.26. The zero-order valence-corrected chi connectivity index (χ0v) is 17.6. The Labute approximate surface area is 183 Å². The van der Waals surface area contributed by atoms with Crippen molar-refractivity contribution in [3.63, 3.8) is 0 Å². The second kappa shape index (κ2) is 7.70. The number of hydrogen-bond donors (Lipinski definition) is 3. The van der Waals surface area contributed by atoms with Crippen LogP contribution in [0.4, 0.5) is 11.6 Å². The van der Waals surface area contributed by atoms with Gasteiger partial charge < -0.3 is 10.6 Å². The Hall–Kier alpha value is -3.39. The van der Waals surface area contributed by atoms with Crippen LogP contribution in [0.1, 0.15) is 43.4 Å². The molecule has 0 radical (unpaired) electrons. The molecule has 158 valence electrons. The number of aromatic nitrogens is 3. The number of benzene rings is 1. The number of nitrogens with one attached hydrogen (secondary N) is 3. The normalized spacial score (nSPS) is 18.5. The van der Waals surface area contributed by atoms with Crippen LogP contribution < -0.4 is 16.0 Å². The first-order chi connectivity index (χ1) is 15.0. The minimum Gasteiger partial charge on any atom is -0.367 e. The predicted octanol–water partition coefficient (Wildman–Crippen LogP) is 3.56. The first-order valence-corrected chi connectivity index (χ1v) is 10.6. The van der Waals surface area contributed by atoms with E-state index in [4.69, 9.17) is 16.6 Å². The highest BCUT2D eigenvalue weighted by molar-refractivity contribution is 6.30. The molecule has 2 aromatic heterocycles. The molecule has 1 aliphatic carbocycles. The SMILES string of the molecule is CC(Nc1cc(NC2CC2)n2ncc(/C=C3\CC(=O)NC3=O)c2n1)c1cccc(Cl)c1. The van der Waals surface area contributed by atoms with E-state index in [0.717, 1.165) is 24.2 Å². The summed E-state index contributed by atoms with van der Waals surface area (Å²) in [6, 6.07) is 10.0. The molecule has 1 aromatic carbocycles. The van der Waals surface area contributed by atoms with Gasteiger partial charge in [-0.05, 0) is 43.5 Å². The van der Waals surface area contributed by atoms with Crippen molar-refractivity contribution in [2.24, 2.45) is 0 Å². The van der Waals surface area contributed by atoms with Crippen LogP contribution in [0, 0.1) is 0 Å². The summed E-state index contributed by atoms with van der Waals surface area (Å²) in [6.07, 6.45) is 5.64. The van der Waals surface area contributed by atoms with Gasteiger partial charge in [0.25, 0.3) is 5.91 Å². The molecule has 2 amide bonds. The Balaban J connectivity index is 1.53. The van der Waals surface area contributed by atoms with Crippen molar-refractivity contribution >= 4 is 46.8 Å². The van der Waals surface area contributed by atoms with Crippen LogP contribution in [0.15, 0.2) is 42.1 Å². The van der Waals surface area contributed by atoms with E-state index in [1.165, 1.54) is 0 Å². The fraction of sp³-hybridized carbons (Fsp3) is 0.273. The molecule has 1 aliphatic heterocycles. The third-order valence-electron chi connectivity index (χ3n) is 5.37.